The molecule has 1 aromatic heterocycles. The summed E-state index contributed by atoms with van der Waals surface area (Å²) in [5, 5.41) is 11.9. The average Bonchev–Trinajstić information content (AvgIpc) is 3.03. The van der Waals surface area contributed by atoms with Crippen LogP contribution in [0.25, 0.3) is 5.69 Å². The summed E-state index contributed by atoms with van der Waals surface area (Å²) in [7, 11) is 3.01. The topological polar surface area (TPSA) is 78.3 Å². The number of carbonyl (C=O) groups excluding carboxylic acids is 1. The highest BCUT2D eigenvalue weighted by molar-refractivity contribution is 6.32. The molecule has 7 nitrogen and oxygen atoms in total. The van der Waals surface area contributed by atoms with Crippen molar-refractivity contribution in [3.05, 3.63) is 57.9 Å². The van der Waals surface area contributed by atoms with E-state index in [-0.39, 0.29) is 5.69 Å². The Bertz CT molecular complexity index is 1050. The van der Waals surface area contributed by atoms with Gasteiger partial charge in [0.05, 0.1) is 36.3 Å². The van der Waals surface area contributed by atoms with Crippen molar-refractivity contribution in [2.75, 3.05) is 19.5 Å². The van der Waals surface area contributed by atoms with Crippen LogP contribution >= 0.6 is 11.6 Å². The number of benzene rings is 2. The number of aromatic nitrogens is 3. The van der Waals surface area contributed by atoms with Crippen LogP contribution < -0.4 is 14.8 Å². The fourth-order valence-electron chi connectivity index (χ4n) is 2.87. The Morgan fingerprint density at radius 3 is 2.39 bits per heavy atom. The Hall–Kier alpha value is -3.06. The number of anilines is 1. The molecule has 0 aliphatic heterocycles. The quantitative estimate of drug-likeness (QED) is 0.697. The summed E-state index contributed by atoms with van der Waals surface area (Å²) in [6, 6.07) is 9.12. The molecular weight excluding hydrogens is 380 g/mol. The number of rotatable bonds is 5. The number of ether oxygens (including phenoxy) is 2. The zero-order valence-electron chi connectivity index (χ0n) is 16.3. The van der Waals surface area contributed by atoms with Crippen LogP contribution in [0.2, 0.25) is 5.02 Å². The molecule has 1 N–H and O–H groups in total. The molecule has 0 bridgehead atoms. The SMILES string of the molecule is COc1cc(OC)c(NC(=O)c2nn(-c3ccc(C)cc3C)nc2C)cc1Cl. The van der Waals surface area contributed by atoms with Gasteiger partial charge in [0.2, 0.25) is 0 Å². The molecule has 0 unspecified atom stereocenters. The summed E-state index contributed by atoms with van der Waals surface area (Å²) in [6.07, 6.45) is 0. The molecule has 0 radical (unpaired) electrons. The lowest BCUT2D eigenvalue weighted by Crippen LogP contribution is -2.15. The van der Waals surface area contributed by atoms with Crippen molar-refractivity contribution < 1.29 is 14.3 Å². The van der Waals surface area contributed by atoms with Crippen molar-refractivity contribution in [3.8, 4) is 17.2 Å². The largest absolute Gasteiger partial charge is 0.495 e. The van der Waals surface area contributed by atoms with Gasteiger partial charge in [-0.15, -0.1) is 5.10 Å². The molecular formula is C20H21ClN4O3. The minimum absolute atomic E-state index is 0.217. The molecule has 0 aliphatic rings. The van der Waals surface area contributed by atoms with Gasteiger partial charge in [-0.1, -0.05) is 29.3 Å². The maximum Gasteiger partial charge on any atom is 0.278 e. The van der Waals surface area contributed by atoms with Gasteiger partial charge in [0.15, 0.2) is 5.69 Å². The minimum atomic E-state index is -0.409. The van der Waals surface area contributed by atoms with Gasteiger partial charge >= 0.3 is 0 Å². The summed E-state index contributed by atoms with van der Waals surface area (Å²) in [5.41, 5.74) is 4.12. The summed E-state index contributed by atoms with van der Waals surface area (Å²) in [5.74, 6) is 0.468. The number of amides is 1. The third-order valence-corrected chi connectivity index (χ3v) is 4.58. The Labute approximate surface area is 168 Å². The van der Waals surface area contributed by atoms with Gasteiger partial charge in [-0.2, -0.15) is 9.90 Å². The van der Waals surface area contributed by atoms with Gasteiger partial charge in [0.25, 0.3) is 5.91 Å². The predicted octanol–water partition coefficient (Wildman–Crippen LogP) is 4.12. The monoisotopic (exact) mass is 400 g/mol. The maximum atomic E-state index is 12.8. The number of nitrogens with one attached hydrogen (secondary N) is 1. The van der Waals surface area contributed by atoms with E-state index in [0.717, 1.165) is 16.8 Å². The van der Waals surface area contributed by atoms with E-state index in [0.29, 0.717) is 27.9 Å². The number of aryl methyl sites for hydroxylation is 3. The van der Waals surface area contributed by atoms with Crippen LogP contribution in [-0.4, -0.2) is 35.1 Å². The van der Waals surface area contributed by atoms with Crippen LogP contribution in [-0.2, 0) is 0 Å². The minimum Gasteiger partial charge on any atom is -0.495 e. The standard InChI is InChI=1S/C20H21ClN4O3/c1-11-6-7-16(12(2)8-11)25-23-13(3)19(24-25)20(26)22-15-9-14(21)17(27-4)10-18(15)28-5/h6-10H,1-5H3,(H,22,26). The molecule has 3 aromatic rings. The van der Waals surface area contributed by atoms with Crippen molar-refractivity contribution in [1.82, 2.24) is 15.0 Å². The van der Waals surface area contributed by atoms with Gasteiger partial charge in [-0.05, 0) is 38.5 Å². The zero-order valence-corrected chi connectivity index (χ0v) is 17.1. The highest BCUT2D eigenvalue weighted by Gasteiger charge is 2.20. The number of hydrogen-bond acceptors (Lipinski definition) is 5. The predicted molar refractivity (Wildman–Crippen MR) is 108 cm³/mol. The molecule has 1 heterocycles. The Morgan fingerprint density at radius 2 is 1.75 bits per heavy atom. The molecule has 8 heteroatoms. The Morgan fingerprint density at radius 1 is 1.04 bits per heavy atom. The lowest BCUT2D eigenvalue weighted by atomic mass is 10.1. The molecule has 0 saturated carbocycles. The molecule has 28 heavy (non-hydrogen) atoms. The molecule has 146 valence electrons. The van der Waals surface area contributed by atoms with E-state index in [1.807, 2.05) is 32.0 Å². The molecule has 0 saturated heterocycles. The first kappa shape index (κ1) is 19.7. The zero-order chi connectivity index (χ0) is 20.4. The van der Waals surface area contributed by atoms with Crippen LogP contribution in [0.4, 0.5) is 5.69 Å². The Kier molecular flexibility index (Phi) is 5.56. The van der Waals surface area contributed by atoms with Crippen LogP contribution in [0, 0.1) is 20.8 Å². The van der Waals surface area contributed by atoms with E-state index in [1.165, 1.54) is 19.0 Å². The van der Waals surface area contributed by atoms with Crippen LogP contribution in [0.1, 0.15) is 27.3 Å². The molecule has 0 spiro atoms. The van der Waals surface area contributed by atoms with Crippen molar-refractivity contribution in [2.45, 2.75) is 20.8 Å². The summed E-state index contributed by atoms with van der Waals surface area (Å²) in [6.45, 7) is 5.73. The van der Waals surface area contributed by atoms with E-state index in [4.69, 9.17) is 21.1 Å². The van der Waals surface area contributed by atoms with Crippen molar-refractivity contribution in [2.24, 2.45) is 0 Å². The molecule has 1 amide bonds. The van der Waals surface area contributed by atoms with E-state index < -0.39 is 5.91 Å². The number of carbonyl (C=O) groups is 1. The average molecular weight is 401 g/mol. The van der Waals surface area contributed by atoms with Gasteiger partial charge in [0, 0.05) is 6.07 Å². The summed E-state index contributed by atoms with van der Waals surface area (Å²) in [4.78, 5) is 14.3. The molecule has 0 aliphatic carbocycles. The van der Waals surface area contributed by atoms with Gasteiger partial charge in [-0.25, -0.2) is 0 Å². The van der Waals surface area contributed by atoms with E-state index in [2.05, 4.69) is 15.5 Å². The third-order valence-electron chi connectivity index (χ3n) is 4.29. The van der Waals surface area contributed by atoms with Crippen molar-refractivity contribution in [1.29, 1.82) is 0 Å². The van der Waals surface area contributed by atoms with Gasteiger partial charge < -0.3 is 14.8 Å². The first-order valence-corrected chi connectivity index (χ1v) is 8.96. The highest BCUT2D eigenvalue weighted by atomic mass is 35.5. The van der Waals surface area contributed by atoms with E-state index in [9.17, 15) is 4.79 Å². The van der Waals surface area contributed by atoms with Crippen molar-refractivity contribution in [3.63, 3.8) is 0 Å². The second-order valence-corrected chi connectivity index (χ2v) is 6.76. The van der Waals surface area contributed by atoms with Gasteiger partial charge in [0.1, 0.15) is 11.5 Å². The lowest BCUT2D eigenvalue weighted by molar-refractivity contribution is 0.102. The van der Waals surface area contributed by atoms with Crippen molar-refractivity contribution >= 4 is 23.2 Å². The van der Waals surface area contributed by atoms with Gasteiger partial charge in [-0.3, -0.25) is 4.79 Å². The number of methoxy groups -OCH3 is 2. The Balaban J connectivity index is 1.92. The first-order valence-electron chi connectivity index (χ1n) is 8.58. The molecule has 0 atom stereocenters. The second-order valence-electron chi connectivity index (χ2n) is 6.35. The summed E-state index contributed by atoms with van der Waals surface area (Å²) >= 11 is 6.17. The molecule has 0 fully saturated rings. The molecule has 3 rings (SSSR count). The summed E-state index contributed by atoms with van der Waals surface area (Å²) < 4.78 is 10.5. The third kappa shape index (κ3) is 3.80. The normalized spacial score (nSPS) is 10.6. The second kappa shape index (κ2) is 7.90. The van der Waals surface area contributed by atoms with Crippen LogP contribution in [0.15, 0.2) is 30.3 Å². The van der Waals surface area contributed by atoms with Crippen LogP contribution in [0.3, 0.4) is 0 Å². The highest BCUT2D eigenvalue weighted by Crippen LogP contribution is 2.36. The number of nitrogens with zero attached hydrogens (tertiary/aromatic N) is 3. The van der Waals surface area contributed by atoms with E-state index >= 15 is 0 Å². The smallest absolute Gasteiger partial charge is 0.278 e. The van der Waals surface area contributed by atoms with Crippen LogP contribution in [0.5, 0.6) is 11.5 Å². The number of hydrogen-bond donors (Lipinski definition) is 1. The maximum absolute atomic E-state index is 12.8. The fourth-order valence-corrected chi connectivity index (χ4v) is 3.11. The first-order chi connectivity index (χ1) is 13.3. The lowest BCUT2D eigenvalue weighted by Gasteiger charge is -2.12. The number of halogens is 1. The fraction of sp³-hybridized carbons (Fsp3) is 0.250. The van der Waals surface area contributed by atoms with E-state index in [1.54, 1.807) is 19.1 Å². The molecule has 2 aromatic carbocycles.